The van der Waals surface area contributed by atoms with Gasteiger partial charge in [-0.1, -0.05) is 97.1 Å². The molecule has 0 bridgehead atoms. The Morgan fingerprint density at radius 1 is 0.500 bits per heavy atom. The van der Waals surface area contributed by atoms with Crippen LogP contribution in [0.2, 0.25) is 0 Å². The number of nitrogens with zero attached hydrogens (tertiary/aromatic N) is 2. The van der Waals surface area contributed by atoms with E-state index in [1.165, 1.54) is 53.0 Å². The molecule has 3 aromatic heterocycles. The van der Waals surface area contributed by atoms with Crippen LogP contribution in [0.5, 0.6) is 0 Å². The summed E-state index contributed by atoms with van der Waals surface area (Å²) in [6.45, 7) is 0. The van der Waals surface area contributed by atoms with Crippen molar-refractivity contribution in [1.82, 2.24) is 9.55 Å². The summed E-state index contributed by atoms with van der Waals surface area (Å²) < 4.78 is 5.03. The van der Waals surface area contributed by atoms with Crippen LogP contribution in [0, 0.1) is 0 Å². The van der Waals surface area contributed by atoms with Crippen molar-refractivity contribution in [1.29, 1.82) is 0 Å². The first-order valence-corrected chi connectivity index (χ1v) is 15.0. The van der Waals surface area contributed by atoms with E-state index in [2.05, 4.69) is 150 Å². The van der Waals surface area contributed by atoms with Crippen LogP contribution in [0.3, 0.4) is 0 Å². The number of benzene rings is 6. The first kappa shape index (κ1) is 23.5. The lowest BCUT2D eigenvalue weighted by molar-refractivity contribution is 1.19. The smallest absolute Gasteiger partial charge is 0.0971 e. The highest BCUT2D eigenvalue weighted by Gasteiger charge is 2.20. The largest absolute Gasteiger partial charge is 0.307 e. The highest BCUT2D eigenvalue weighted by molar-refractivity contribution is 7.26. The number of rotatable bonds is 3. The molecule has 0 spiro atoms. The van der Waals surface area contributed by atoms with Gasteiger partial charge < -0.3 is 4.57 Å². The molecule has 2 nitrogen and oxygen atoms in total. The van der Waals surface area contributed by atoms with E-state index in [0.717, 1.165) is 28.0 Å². The first-order chi connectivity index (χ1) is 20.8. The van der Waals surface area contributed by atoms with E-state index in [-0.39, 0.29) is 0 Å². The zero-order valence-electron chi connectivity index (χ0n) is 22.7. The molecule has 42 heavy (non-hydrogen) atoms. The Kier molecular flexibility index (Phi) is 5.10. The van der Waals surface area contributed by atoms with Crippen molar-refractivity contribution in [2.75, 3.05) is 0 Å². The van der Waals surface area contributed by atoms with E-state index >= 15 is 0 Å². The maximum Gasteiger partial charge on any atom is 0.0971 e. The Morgan fingerprint density at radius 3 is 2.10 bits per heavy atom. The van der Waals surface area contributed by atoms with Crippen molar-refractivity contribution in [3.05, 3.63) is 146 Å². The average Bonchev–Trinajstić information content (AvgIpc) is 3.60. The van der Waals surface area contributed by atoms with Crippen molar-refractivity contribution >= 4 is 64.2 Å². The number of aromatic nitrogens is 2. The lowest BCUT2D eigenvalue weighted by Gasteiger charge is -2.11. The molecule has 196 valence electrons. The molecule has 0 aliphatic heterocycles. The number of hydrogen-bond donors (Lipinski definition) is 0. The highest BCUT2D eigenvalue weighted by Crippen LogP contribution is 2.43. The molecule has 0 saturated heterocycles. The van der Waals surface area contributed by atoms with Crippen molar-refractivity contribution in [2.45, 2.75) is 0 Å². The zero-order valence-corrected chi connectivity index (χ0v) is 23.5. The number of fused-ring (bicyclic) bond motifs is 8. The van der Waals surface area contributed by atoms with Crippen LogP contribution in [0.4, 0.5) is 0 Å². The Balaban J connectivity index is 1.35. The summed E-state index contributed by atoms with van der Waals surface area (Å²) in [6.07, 6.45) is 0. The summed E-state index contributed by atoms with van der Waals surface area (Å²) in [5.74, 6) is 0. The maximum atomic E-state index is 5.28. The van der Waals surface area contributed by atoms with Gasteiger partial charge >= 0.3 is 0 Å². The lowest BCUT2D eigenvalue weighted by atomic mass is 10.0. The minimum absolute atomic E-state index is 0.990. The van der Waals surface area contributed by atoms with Crippen molar-refractivity contribution < 1.29 is 0 Å². The molecule has 0 unspecified atom stereocenters. The van der Waals surface area contributed by atoms with Crippen molar-refractivity contribution in [2.24, 2.45) is 0 Å². The second-order valence-electron chi connectivity index (χ2n) is 10.8. The average molecular weight is 553 g/mol. The SMILES string of the molecule is c1ccc(-c2ccc3cc(-n4c5ccc(-c6ccccc6)nc5c5ccc6sc7ccccc7c6c54)ccc3c2)cc1. The third-order valence-electron chi connectivity index (χ3n) is 8.37. The second-order valence-corrected chi connectivity index (χ2v) is 11.9. The fraction of sp³-hybridized carbons (Fsp3) is 0. The minimum Gasteiger partial charge on any atom is -0.307 e. The van der Waals surface area contributed by atoms with Crippen molar-refractivity contribution in [3.63, 3.8) is 0 Å². The quantitative estimate of drug-likeness (QED) is 0.213. The predicted molar refractivity (Wildman–Crippen MR) is 180 cm³/mol. The Morgan fingerprint density at radius 2 is 1.24 bits per heavy atom. The third kappa shape index (κ3) is 3.54. The van der Waals surface area contributed by atoms with Crippen LogP contribution in [-0.4, -0.2) is 9.55 Å². The molecule has 0 atom stereocenters. The van der Waals surface area contributed by atoms with Gasteiger partial charge in [0.25, 0.3) is 0 Å². The van der Waals surface area contributed by atoms with Crippen LogP contribution in [0.1, 0.15) is 0 Å². The van der Waals surface area contributed by atoms with Crippen LogP contribution in [-0.2, 0) is 0 Å². The number of hydrogen-bond acceptors (Lipinski definition) is 2. The summed E-state index contributed by atoms with van der Waals surface area (Å²) in [5, 5.41) is 6.23. The van der Waals surface area contributed by atoms with Gasteiger partial charge in [0, 0.05) is 36.8 Å². The van der Waals surface area contributed by atoms with E-state index in [1.54, 1.807) is 0 Å². The standard InChI is InChI=1S/C39H24N2S/c1-3-9-25(10-4-1)27-15-16-29-24-30(18-17-28(29)23-27)41-34-21-20-33(26-11-5-2-6-12-26)40-38(34)32-19-22-36-37(39(32)41)31-13-7-8-14-35(31)42-36/h1-24H. The molecule has 3 heterocycles. The van der Waals surface area contributed by atoms with Gasteiger partial charge in [-0.3, -0.25) is 0 Å². The first-order valence-electron chi connectivity index (χ1n) is 14.2. The molecule has 0 radical (unpaired) electrons. The molecule has 9 aromatic rings. The summed E-state index contributed by atoms with van der Waals surface area (Å²) in [7, 11) is 0. The molecule has 3 heteroatoms. The van der Waals surface area contributed by atoms with E-state index in [0.29, 0.717) is 0 Å². The van der Waals surface area contributed by atoms with Gasteiger partial charge in [-0.15, -0.1) is 11.3 Å². The Labute approximate surface area is 246 Å². The molecule has 0 aliphatic carbocycles. The molecular weight excluding hydrogens is 529 g/mol. The lowest BCUT2D eigenvalue weighted by Crippen LogP contribution is -1.95. The maximum absolute atomic E-state index is 5.28. The molecule has 6 aromatic carbocycles. The predicted octanol–water partition coefficient (Wildman–Crippen LogP) is 11.0. The van der Waals surface area contributed by atoms with Gasteiger partial charge in [0.1, 0.15) is 0 Å². The van der Waals surface area contributed by atoms with Crippen LogP contribution >= 0.6 is 11.3 Å². The van der Waals surface area contributed by atoms with Gasteiger partial charge in [-0.2, -0.15) is 0 Å². The van der Waals surface area contributed by atoms with E-state index in [1.807, 2.05) is 11.3 Å². The van der Waals surface area contributed by atoms with Crippen LogP contribution in [0.15, 0.2) is 146 Å². The summed E-state index contributed by atoms with van der Waals surface area (Å²) in [4.78, 5) is 5.28. The summed E-state index contributed by atoms with van der Waals surface area (Å²) in [5.41, 5.74) is 9.10. The van der Waals surface area contributed by atoms with Gasteiger partial charge in [0.05, 0.1) is 22.2 Å². The third-order valence-corrected chi connectivity index (χ3v) is 9.50. The summed E-state index contributed by atoms with van der Waals surface area (Å²) in [6, 6.07) is 52.3. The van der Waals surface area contributed by atoms with E-state index < -0.39 is 0 Å². The van der Waals surface area contributed by atoms with Gasteiger partial charge in [-0.05, 0) is 70.4 Å². The normalized spacial score (nSPS) is 11.8. The number of thiophene rings is 1. The molecule has 9 rings (SSSR count). The Bertz CT molecular complexity index is 2450. The molecule has 0 saturated carbocycles. The fourth-order valence-corrected chi connectivity index (χ4v) is 7.50. The highest BCUT2D eigenvalue weighted by atomic mass is 32.1. The topological polar surface area (TPSA) is 17.8 Å². The molecular formula is C39H24N2S. The zero-order chi connectivity index (χ0) is 27.6. The summed E-state index contributed by atoms with van der Waals surface area (Å²) >= 11 is 1.86. The monoisotopic (exact) mass is 552 g/mol. The molecule has 0 aliphatic rings. The molecule has 0 fully saturated rings. The Hall–Kier alpha value is -5.25. The van der Waals surface area contributed by atoms with Crippen LogP contribution < -0.4 is 0 Å². The fourth-order valence-electron chi connectivity index (χ4n) is 6.39. The van der Waals surface area contributed by atoms with Gasteiger partial charge in [0.2, 0.25) is 0 Å². The van der Waals surface area contributed by atoms with Crippen LogP contribution in [0.25, 0.3) is 81.0 Å². The van der Waals surface area contributed by atoms with Gasteiger partial charge in [0.15, 0.2) is 0 Å². The molecule has 0 N–H and O–H groups in total. The minimum atomic E-state index is 0.990. The second kappa shape index (κ2) is 9.13. The van der Waals surface area contributed by atoms with Gasteiger partial charge in [-0.25, -0.2) is 4.98 Å². The van der Waals surface area contributed by atoms with E-state index in [9.17, 15) is 0 Å². The number of pyridine rings is 1. The van der Waals surface area contributed by atoms with E-state index in [4.69, 9.17) is 4.98 Å². The molecule has 0 amide bonds. The van der Waals surface area contributed by atoms with Crippen molar-refractivity contribution in [3.8, 4) is 28.1 Å².